The number of rotatable bonds is 3. The predicted molar refractivity (Wildman–Crippen MR) is 163 cm³/mol. The van der Waals surface area contributed by atoms with E-state index in [1.807, 2.05) is 35.3 Å². The number of anilines is 3. The Kier molecular flexibility index (Phi) is 5.78. The van der Waals surface area contributed by atoms with Crippen molar-refractivity contribution in [3.05, 3.63) is 115 Å². The van der Waals surface area contributed by atoms with Crippen molar-refractivity contribution in [2.45, 2.75) is 42.5 Å². The molecule has 0 aliphatic carbocycles. The molecule has 2 heterocycles. The normalized spacial score (nSPS) is 14.6. The van der Waals surface area contributed by atoms with Crippen molar-refractivity contribution in [1.82, 2.24) is 0 Å². The van der Waals surface area contributed by atoms with E-state index in [0.29, 0.717) is 0 Å². The molecule has 7 rings (SSSR count). The predicted octanol–water partition coefficient (Wildman–Crippen LogP) is 9.06. The first-order valence-corrected chi connectivity index (χ1v) is 17.9. The van der Waals surface area contributed by atoms with Gasteiger partial charge in [0.25, 0.3) is 0 Å². The third kappa shape index (κ3) is 3.88. The second-order valence-corrected chi connectivity index (χ2v) is 17.3. The van der Waals surface area contributed by atoms with Crippen molar-refractivity contribution < 1.29 is 0 Å². The number of nitrogens with zero attached hydrogens (tertiary/aromatic N) is 1. The second-order valence-electron chi connectivity index (χ2n) is 9.80. The quantitative estimate of drug-likeness (QED) is 0.203. The minimum atomic E-state index is -1.84. The molecule has 0 fully saturated rings. The number of hydrogen-bond donors (Lipinski definition) is 0. The maximum Gasteiger partial charge on any atom is 0.115 e. The number of fused-ring (bicyclic) bond motifs is 4. The van der Waals surface area contributed by atoms with Crippen LogP contribution in [0.2, 0.25) is 13.1 Å². The molecular formula is C32H25NS3Si. The van der Waals surface area contributed by atoms with Crippen LogP contribution < -0.4 is 15.3 Å². The molecule has 0 saturated carbocycles. The van der Waals surface area contributed by atoms with Crippen molar-refractivity contribution in [2.75, 3.05) is 4.90 Å². The number of benzene rings is 5. The van der Waals surface area contributed by atoms with Crippen molar-refractivity contribution in [3.8, 4) is 0 Å². The van der Waals surface area contributed by atoms with Gasteiger partial charge < -0.3 is 4.90 Å². The van der Waals surface area contributed by atoms with Crippen LogP contribution in [0.25, 0.3) is 0 Å². The van der Waals surface area contributed by atoms with E-state index in [1.54, 1.807) is 0 Å². The molecule has 5 aromatic rings. The summed E-state index contributed by atoms with van der Waals surface area (Å²) in [5.74, 6) is 0. The van der Waals surface area contributed by atoms with Gasteiger partial charge in [-0.3, -0.25) is 0 Å². The van der Waals surface area contributed by atoms with Gasteiger partial charge in [-0.1, -0.05) is 115 Å². The van der Waals surface area contributed by atoms with E-state index in [0.717, 1.165) is 0 Å². The lowest BCUT2D eigenvalue weighted by Gasteiger charge is -2.37. The largest absolute Gasteiger partial charge is 0.308 e. The van der Waals surface area contributed by atoms with Crippen molar-refractivity contribution >= 4 is 70.8 Å². The molecule has 0 amide bonds. The molecule has 0 aromatic heterocycles. The number of hydrogen-bond acceptors (Lipinski definition) is 4. The summed E-state index contributed by atoms with van der Waals surface area (Å²) in [4.78, 5) is 10.6. The Morgan fingerprint density at radius 2 is 1.00 bits per heavy atom. The van der Waals surface area contributed by atoms with Crippen LogP contribution in [-0.4, -0.2) is 8.07 Å². The van der Waals surface area contributed by atoms with Gasteiger partial charge in [0.15, 0.2) is 0 Å². The van der Waals surface area contributed by atoms with E-state index < -0.39 is 8.07 Å². The topological polar surface area (TPSA) is 3.24 Å². The molecule has 0 unspecified atom stereocenters. The van der Waals surface area contributed by atoms with Gasteiger partial charge in [0.2, 0.25) is 0 Å². The Morgan fingerprint density at radius 1 is 0.459 bits per heavy atom. The fourth-order valence-electron chi connectivity index (χ4n) is 5.32. The van der Waals surface area contributed by atoms with E-state index in [-0.39, 0.29) is 0 Å². The molecule has 0 radical (unpaired) electrons. The van der Waals surface area contributed by atoms with Gasteiger partial charge >= 0.3 is 0 Å². The van der Waals surface area contributed by atoms with Crippen LogP contribution in [0.5, 0.6) is 0 Å². The van der Waals surface area contributed by atoms with E-state index >= 15 is 0 Å². The molecule has 37 heavy (non-hydrogen) atoms. The minimum absolute atomic E-state index is 1.19. The Balaban J connectivity index is 1.45. The van der Waals surface area contributed by atoms with E-state index in [1.165, 1.54) is 56.8 Å². The van der Waals surface area contributed by atoms with Crippen LogP contribution in [0.15, 0.2) is 145 Å². The zero-order chi connectivity index (χ0) is 25.0. The highest BCUT2D eigenvalue weighted by Crippen LogP contribution is 2.54. The molecule has 2 aliphatic rings. The first kappa shape index (κ1) is 23.3. The molecule has 1 nitrogen and oxygen atoms in total. The maximum absolute atomic E-state index is 2.49. The fourth-order valence-corrected chi connectivity index (χ4v) is 13.2. The Labute approximate surface area is 232 Å². The summed E-state index contributed by atoms with van der Waals surface area (Å²) >= 11 is 5.71. The van der Waals surface area contributed by atoms with Crippen LogP contribution >= 0.6 is 35.3 Å². The van der Waals surface area contributed by atoms with Gasteiger partial charge in [-0.25, -0.2) is 0 Å². The van der Waals surface area contributed by atoms with Crippen molar-refractivity contribution in [2.24, 2.45) is 0 Å². The van der Waals surface area contributed by atoms with Gasteiger partial charge in [0.05, 0.1) is 16.3 Å². The minimum Gasteiger partial charge on any atom is -0.308 e. The Hall–Kier alpha value is -2.83. The highest BCUT2D eigenvalue weighted by Gasteiger charge is 2.37. The summed E-state index contributed by atoms with van der Waals surface area (Å²) in [6.45, 7) is 4.99. The first-order chi connectivity index (χ1) is 18.1. The maximum atomic E-state index is 2.49. The molecular weight excluding hydrogens is 523 g/mol. The average molecular weight is 548 g/mol. The van der Waals surface area contributed by atoms with Gasteiger partial charge in [0, 0.05) is 30.2 Å². The molecule has 0 spiro atoms. The molecule has 0 N–H and O–H groups in total. The number of para-hydroxylation sites is 1. The summed E-state index contributed by atoms with van der Waals surface area (Å²) in [5, 5.41) is 3.06. The smallest absolute Gasteiger partial charge is 0.115 e. The van der Waals surface area contributed by atoms with Crippen molar-refractivity contribution in [3.63, 3.8) is 0 Å². The molecule has 0 saturated heterocycles. The summed E-state index contributed by atoms with van der Waals surface area (Å²) in [7, 11) is -1.84. The SMILES string of the molecule is C[Si]1(C)c2ccccc2Sc2c(N(c3ccccc3)c3cccc4c3Sc3ccccc3S4)cccc21. The van der Waals surface area contributed by atoms with Gasteiger partial charge in [-0.15, -0.1) is 0 Å². The molecule has 5 aromatic carbocycles. The zero-order valence-electron chi connectivity index (χ0n) is 20.6. The zero-order valence-corrected chi connectivity index (χ0v) is 24.1. The highest BCUT2D eigenvalue weighted by atomic mass is 32.2. The van der Waals surface area contributed by atoms with Crippen LogP contribution in [0, 0.1) is 0 Å². The molecule has 2 aliphatic heterocycles. The Morgan fingerprint density at radius 3 is 1.78 bits per heavy atom. The van der Waals surface area contributed by atoms with Gasteiger partial charge in [-0.2, -0.15) is 0 Å². The lowest BCUT2D eigenvalue weighted by atomic mass is 10.2. The van der Waals surface area contributed by atoms with E-state index in [9.17, 15) is 0 Å². The lowest BCUT2D eigenvalue weighted by molar-refractivity contribution is 1.11. The average Bonchev–Trinajstić information content (AvgIpc) is 2.93. The Bertz CT molecular complexity index is 1650. The molecule has 0 bridgehead atoms. The third-order valence-corrected chi connectivity index (χ3v) is 14.9. The van der Waals surface area contributed by atoms with Crippen LogP contribution in [0.1, 0.15) is 0 Å². The van der Waals surface area contributed by atoms with Crippen molar-refractivity contribution in [1.29, 1.82) is 0 Å². The van der Waals surface area contributed by atoms with Crippen LogP contribution in [0.3, 0.4) is 0 Å². The summed E-state index contributed by atoms with van der Waals surface area (Å²) in [6.07, 6.45) is 0. The first-order valence-electron chi connectivity index (χ1n) is 12.4. The monoisotopic (exact) mass is 547 g/mol. The highest BCUT2D eigenvalue weighted by molar-refractivity contribution is 8.05. The van der Waals surface area contributed by atoms with E-state index in [2.05, 4.69) is 133 Å². The second kappa shape index (κ2) is 9.17. The lowest BCUT2D eigenvalue weighted by Crippen LogP contribution is -2.56. The molecule has 5 heteroatoms. The summed E-state index contributed by atoms with van der Waals surface area (Å²) in [6, 6.07) is 42.3. The molecule has 180 valence electrons. The van der Waals surface area contributed by atoms with Crippen LogP contribution in [-0.2, 0) is 0 Å². The van der Waals surface area contributed by atoms with Crippen LogP contribution in [0.4, 0.5) is 17.1 Å². The van der Waals surface area contributed by atoms with Gasteiger partial charge in [0.1, 0.15) is 8.07 Å². The molecule has 0 atom stereocenters. The van der Waals surface area contributed by atoms with Gasteiger partial charge in [-0.05, 0) is 58.9 Å². The standard InChI is InChI=1S/C32H25NS3Si/c1-37(2)29-20-9-8-18-27(29)36-32-24(15-11-21-30(32)37)33(22-12-4-3-5-13-22)23-14-10-19-28-31(23)35-26-17-7-6-16-25(26)34-28/h3-21H,1-2H3. The van der Waals surface area contributed by atoms with E-state index in [4.69, 9.17) is 0 Å². The summed E-state index contributed by atoms with van der Waals surface area (Å²) < 4.78 is 0. The summed E-state index contributed by atoms with van der Waals surface area (Å²) in [5.41, 5.74) is 3.69. The third-order valence-electron chi connectivity index (χ3n) is 7.18. The fraction of sp³-hybridized carbons (Fsp3) is 0.0625.